The number of rotatable bonds is 1. The molecule has 1 fully saturated rings. The lowest BCUT2D eigenvalue weighted by molar-refractivity contribution is 0.592. The van der Waals surface area contributed by atoms with Gasteiger partial charge in [-0.15, -0.1) is 0 Å². The van der Waals surface area contributed by atoms with Gasteiger partial charge in [0.15, 0.2) is 0 Å². The molecule has 1 aliphatic rings. The molecule has 2 rings (SSSR count). The van der Waals surface area contributed by atoms with Crippen molar-refractivity contribution in [1.82, 2.24) is 4.72 Å². The molecule has 1 aromatic carbocycles. The molecule has 0 amide bonds. The third-order valence-electron chi connectivity index (χ3n) is 2.44. The van der Waals surface area contributed by atoms with Crippen molar-refractivity contribution in [3.05, 3.63) is 23.8 Å². The van der Waals surface area contributed by atoms with E-state index < -0.39 is 10.2 Å². The SMILES string of the molecule is Cc1ccc(N2CCNS2(=O)=O)cc1N. The minimum absolute atomic E-state index is 0.441. The van der Waals surface area contributed by atoms with E-state index in [1.165, 1.54) is 4.31 Å². The fraction of sp³-hybridized carbons (Fsp3) is 0.333. The molecule has 5 nitrogen and oxygen atoms in total. The quantitative estimate of drug-likeness (QED) is 0.674. The van der Waals surface area contributed by atoms with Gasteiger partial charge in [-0.2, -0.15) is 13.1 Å². The minimum atomic E-state index is -3.34. The van der Waals surface area contributed by atoms with Crippen LogP contribution in [0.2, 0.25) is 0 Å². The first-order valence-corrected chi connectivity index (χ1v) is 6.08. The molecule has 0 spiro atoms. The number of nitrogens with zero attached hydrogens (tertiary/aromatic N) is 1. The lowest BCUT2D eigenvalue weighted by Crippen LogP contribution is -2.29. The lowest BCUT2D eigenvalue weighted by atomic mass is 10.2. The minimum Gasteiger partial charge on any atom is -0.398 e. The maximum atomic E-state index is 11.5. The van der Waals surface area contributed by atoms with E-state index in [4.69, 9.17) is 5.73 Å². The molecule has 0 bridgehead atoms. The molecule has 0 saturated carbocycles. The Labute approximate surface area is 89.1 Å². The van der Waals surface area contributed by atoms with Crippen molar-refractivity contribution in [2.24, 2.45) is 0 Å². The number of nitrogen functional groups attached to an aromatic ring is 1. The van der Waals surface area contributed by atoms with Crippen LogP contribution in [0.15, 0.2) is 18.2 Å². The summed E-state index contributed by atoms with van der Waals surface area (Å²) in [5.74, 6) is 0. The highest BCUT2D eigenvalue weighted by Crippen LogP contribution is 2.24. The van der Waals surface area contributed by atoms with Crippen molar-refractivity contribution < 1.29 is 8.42 Å². The van der Waals surface area contributed by atoms with Crippen LogP contribution < -0.4 is 14.8 Å². The van der Waals surface area contributed by atoms with Gasteiger partial charge < -0.3 is 5.73 Å². The first kappa shape index (κ1) is 10.3. The third-order valence-corrected chi connectivity index (χ3v) is 3.98. The number of hydrogen-bond acceptors (Lipinski definition) is 3. The Morgan fingerprint density at radius 2 is 2.20 bits per heavy atom. The van der Waals surface area contributed by atoms with E-state index >= 15 is 0 Å². The number of nitrogens with two attached hydrogens (primary N) is 1. The topological polar surface area (TPSA) is 75.4 Å². The Morgan fingerprint density at radius 1 is 1.47 bits per heavy atom. The molecular formula is C9H13N3O2S. The average molecular weight is 227 g/mol. The van der Waals surface area contributed by atoms with Crippen molar-refractivity contribution in [3.8, 4) is 0 Å². The van der Waals surface area contributed by atoms with E-state index in [0.717, 1.165) is 5.56 Å². The van der Waals surface area contributed by atoms with Gasteiger partial charge in [-0.05, 0) is 24.6 Å². The predicted molar refractivity (Wildman–Crippen MR) is 59.9 cm³/mol. The van der Waals surface area contributed by atoms with Crippen molar-refractivity contribution in [2.75, 3.05) is 23.1 Å². The zero-order chi connectivity index (χ0) is 11.1. The highest BCUT2D eigenvalue weighted by molar-refractivity contribution is 7.91. The Morgan fingerprint density at radius 3 is 2.73 bits per heavy atom. The van der Waals surface area contributed by atoms with Gasteiger partial charge in [-0.25, -0.2) is 0 Å². The van der Waals surface area contributed by atoms with Crippen LogP contribution in [0.5, 0.6) is 0 Å². The highest BCUT2D eigenvalue weighted by atomic mass is 32.2. The van der Waals surface area contributed by atoms with E-state index in [1.54, 1.807) is 12.1 Å². The molecule has 0 aliphatic carbocycles. The van der Waals surface area contributed by atoms with Gasteiger partial charge in [0.1, 0.15) is 0 Å². The fourth-order valence-electron chi connectivity index (χ4n) is 1.53. The summed E-state index contributed by atoms with van der Waals surface area (Å²) in [6, 6.07) is 5.26. The molecule has 0 aromatic heterocycles. The summed E-state index contributed by atoms with van der Waals surface area (Å²) in [6.45, 7) is 2.77. The van der Waals surface area contributed by atoms with Gasteiger partial charge in [0.25, 0.3) is 0 Å². The van der Waals surface area contributed by atoms with E-state index in [2.05, 4.69) is 4.72 Å². The smallest absolute Gasteiger partial charge is 0.301 e. The Bertz CT molecular complexity index is 484. The lowest BCUT2D eigenvalue weighted by Gasteiger charge is -2.16. The van der Waals surface area contributed by atoms with E-state index in [9.17, 15) is 8.42 Å². The summed E-state index contributed by atoms with van der Waals surface area (Å²) in [4.78, 5) is 0. The second kappa shape index (κ2) is 3.39. The van der Waals surface area contributed by atoms with Gasteiger partial charge in [-0.1, -0.05) is 6.07 Å². The number of anilines is 2. The summed E-state index contributed by atoms with van der Waals surface area (Å²) in [7, 11) is -3.34. The van der Waals surface area contributed by atoms with Crippen molar-refractivity contribution in [1.29, 1.82) is 0 Å². The van der Waals surface area contributed by atoms with E-state index in [1.807, 2.05) is 13.0 Å². The molecule has 0 radical (unpaired) electrons. The molecule has 1 saturated heterocycles. The first-order chi connectivity index (χ1) is 7.00. The van der Waals surface area contributed by atoms with Crippen LogP contribution >= 0.6 is 0 Å². The Kier molecular flexibility index (Phi) is 2.32. The van der Waals surface area contributed by atoms with Gasteiger partial charge in [0.05, 0.1) is 5.69 Å². The van der Waals surface area contributed by atoms with Crippen LogP contribution in [-0.4, -0.2) is 21.5 Å². The molecular weight excluding hydrogens is 214 g/mol. The predicted octanol–water partition coefficient (Wildman–Crippen LogP) is 0.232. The molecule has 1 aromatic rings. The molecule has 1 aliphatic heterocycles. The maximum absolute atomic E-state index is 11.5. The second-order valence-corrected chi connectivity index (χ2v) is 5.19. The summed E-state index contributed by atoms with van der Waals surface area (Å²) in [5.41, 5.74) is 7.90. The highest BCUT2D eigenvalue weighted by Gasteiger charge is 2.27. The van der Waals surface area contributed by atoms with Crippen molar-refractivity contribution in [3.63, 3.8) is 0 Å². The molecule has 0 unspecified atom stereocenters. The molecule has 0 atom stereocenters. The van der Waals surface area contributed by atoms with Crippen molar-refractivity contribution >= 4 is 21.6 Å². The zero-order valence-corrected chi connectivity index (χ0v) is 9.21. The number of aryl methyl sites for hydroxylation is 1. The number of hydrogen-bond donors (Lipinski definition) is 2. The third kappa shape index (κ3) is 1.78. The molecule has 6 heteroatoms. The Balaban J connectivity index is 2.42. The largest absolute Gasteiger partial charge is 0.398 e. The van der Waals surface area contributed by atoms with Crippen LogP contribution in [0.3, 0.4) is 0 Å². The summed E-state index contributed by atoms with van der Waals surface area (Å²) < 4.78 is 26.8. The van der Waals surface area contributed by atoms with Crippen LogP contribution in [0, 0.1) is 6.92 Å². The summed E-state index contributed by atoms with van der Waals surface area (Å²) in [5, 5.41) is 0. The van der Waals surface area contributed by atoms with Crippen LogP contribution in [0.25, 0.3) is 0 Å². The molecule has 15 heavy (non-hydrogen) atoms. The van der Waals surface area contributed by atoms with Crippen LogP contribution in [0.4, 0.5) is 11.4 Å². The first-order valence-electron chi connectivity index (χ1n) is 4.64. The average Bonchev–Trinajstić information content (AvgIpc) is 2.50. The van der Waals surface area contributed by atoms with Gasteiger partial charge in [-0.3, -0.25) is 4.31 Å². The zero-order valence-electron chi connectivity index (χ0n) is 8.40. The summed E-state index contributed by atoms with van der Waals surface area (Å²) >= 11 is 0. The molecule has 82 valence electrons. The summed E-state index contributed by atoms with van der Waals surface area (Å²) in [6.07, 6.45) is 0. The second-order valence-electron chi connectivity index (χ2n) is 3.51. The van der Waals surface area contributed by atoms with Crippen LogP contribution in [0.1, 0.15) is 5.56 Å². The van der Waals surface area contributed by atoms with Gasteiger partial charge in [0.2, 0.25) is 0 Å². The van der Waals surface area contributed by atoms with E-state index in [-0.39, 0.29) is 0 Å². The van der Waals surface area contributed by atoms with Crippen molar-refractivity contribution in [2.45, 2.75) is 6.92 Å². The van der Waals surface area contributed by atoms with E-state index in [0.29, 0.717) is 24.5 Å². The molecule has 1 heterocycles. The normalized spacial score (nSPS) is 19.4. The fourth-order valence-corrected chi connectivity index (χ4v) is 2.75. The standard InChI is InChI=1S/C9H13N3O2S/c1-7-2-3-8(6-9(7)10)12-5-4-11-15(12,13)14/h2-3,6,11H,4-5,10H2,1H3. The van der Waals surface area contributed by atoms with Gasteiger partial charge in [0, 0.05) is 18.8 Å². The number of nitrogens with one attached hydrogen (secondary N) is 1. The number of benzene rings is 1. The maximum Gasteiger partial charge on any atom is 0.301 e. The Hall–Kier alpha value is -1.27. The van der Waals surface area contributed by atoms with Gasteiger partial charge >= 0.3 is 10.2 Å². The van der Waals surface area contributed by atoms with Crippen LogP contribution in [-0.2, 0) is 10.2 Å². The monoisotopic (exact) mass is 227 g/mol. The molecule has 3 N–H and O–H groups in total.